The minimum atomic E-state index is -0.128. The largest absolute Gasteiger partial charge is 0.271 e. The summed E-state index contributed by atoms with van der Waals surface area (Å²) in [5.41, 5.74) is 1.31. The van der Waals surface area contributed by atoms with E-state index in [0.717, 1.165) is 5.69 Å². The highest BCUT2D eigenvalue weighted by Crippen LogP contribution is 2.10. The zero-order valence-corrected chi connectivity index (χ0v) is 10.8. The van der Waals surface area contributed by atoms with E-state index in [2.05, 4.69) is 15.2 Å². The highest BCUT2D eigenvalue weighted by Gasteiger charge is 2.04. The van der Waals surface area contributed by atoms with Gasteiger partial charge in [-0.2, -0.15) is 10.2 Å². The van der Waals surface area contributed by atoms with Gasteiger partial charge in [-0.05, 0) is 24.3 Å². The van der Waals surface area contributed by atoms with Gasteiger partial charge in [-0.1, -0.05) is 6.07 Å². The van der Waals surface area contributed by atoms with Crippen molar-refractivity contribution >= 4 is 0 Å². The number of pyridine rings is 1. The van der Waals surface area contributed by atoms with Gasteiger partial charge in [0.1, 0.15) is 5.69 Å². The van der Waals surface area contributed by atoms with Gasteiger partial charge in [-0.25, -0.2) is 4.68 Å². The Morgan fingerprint density at radius 1 is 0.950 bits per heavy atom. The van der Waals surface area contributed by atoms with Gasteiger partial charge >= 0.3 is 0 Å². The fourth-order valence-electron chi connectivity index (χ4n) is 1.89. The first-order chi connectivity index (χ1) is 9.83. The second-order valence-corrected chi connectivity index (χ2v) is 4.26. The first-order valence-corrected chi connectivity index (χ1v) is 6.30. The maximum atomic E-state index is 11.8. The molecule has 0 fully saturated rings. The molecule has 0 aliphatic heterocycles. The lowest BCUT2D eigenvalue weighted by molar-refractivity contribution is 0.484. The predicted octanol–water partition coefficient (Wildman–Crippen LogP) is 1.20. The molecule has 3 heterocycles. The standard InChI is InChI=1S/C14H13N5O/c20-14-6-5-13(12-4-1-2-7-15-12)17-19(14)11-10-18-9-3-8-16-18/h1-9H,10-11H2. The van der Waals surface area contributed by atoms with Crippen molar-refractivity contribution < 1.29 is 0 Å². The van der Waals surface area contributed by atoms with Crippen LogP contribution in [0.4, 0.5) is 0 Å². The van der Waals surface area contributed by atoms with Crippen molar-refractivity contribution in [3.05, 3.63) is 65.3 Å². The van der Waals surface area contributed by atoms with Gasteiger partial charge in [0.15, 0.2) is 0 Å². The van der Waals surface area contributed by atoms with E-state index < -0.39 is 0 Å². The van der Waals surface area contributed by atoms with Crippen LogP contribution in [0.2, 0.25) is 0 Å². The fourth-order valence-corrected chi connectivity index (χ4v) is 1.89. The summed E-state index contributed by atoms with van der Waals surface area (Å²) in [6.45, 7) is 1.08. The van der Waals surface area contributed by atoms with E-state index in [9.17, 15) is 4.79 Å². The van der Waals surface area contributed by atoms with Crippen molar-refractivity contribution in [2.24, 2.45) is 0 Å². The highest BCUT2D eigenvalue weighted by atomic mass is 16.1. The number of rotatable bonds is 4. The van der Waals surface area contributed by atoms with E-state index in [0.29, 0.717) is 18.8 Å². The Morgan fingerprint density at radius 2 is 1.90 bits per heavy atom. The van der Waals surface area contributed by atoms with Crippen LogP contribution in [0.25, 0.3) is 11.4 Å². The summed E-state index contributed by atoms with van der Waals surface area (Å²) in [5, 5.41) is 8.45. The van der Waals surface area contributed by atoms with E-state index in [1.807, 2.05) is 30.5 Å². The summed E-state index contributed by atoms with van der Waals surface area (Å²) in [6, 6.07) is 10.7. The van der Waals surface area contributed by atoms with Crippen LogP contribution in [0, 0.1) is 0 Å². The molecule has 0 N–H and O–H groups in total. The zero-order chi connectivity index (χ0) is 13.8. The van der Waals surface area contributed by atoms with E-state index in [1.54, 1.807) is 23.1 Å². The molecule has 0 spiro atoms. The molecule has 3 aromatic rings. The average molecular weight is 267 g/mol. The van der Waals surface area contributed by atoms with Gasteiger partial charge in [0.2, 0.25) is 0 Å². The topological polar surface area (TPSA) is 65.6 Å². The molecule has 0 aliphatic carbocycles. The minimum absolute atomic E-state index is 0.128. The van der Waals surface area contributed by atoms with Crippen LogP contribution in [0.5, 0.6) is 0 Å². The van der Waals surface area contributed by atoms with Crippen molar-refractivity contribution in [3.63, 3.8) is 0 Å². The van der Waals surface area contributed by atoms with Crippen LogP contribution < -0.4 is 5.56 Å². The van der Waals surface area contributed by atoms with Crippen LogP contribution in [0.1, 0.15) is 0 Å². The van der Waals surface area contributed by atoms with Crippen LogP contribution in [-0.2, 0) is 13.1 Å². The molecule has 0 aliphatic rings. The molecule has 0 radical (unpaired) electrons. The van der Waals surface area contributed by atoms with Crippen molar-refractivity contribution in [2.45, 2.75) is 13.1 Å². The van der Waals surface area contributed by atoms with Crippen LogP contribution in [0.15, 0.2) is 59.8 Å². The number of hydrogen-bond donors (Lipinski definition) is 0. The second-order valence-electron chi connectivity index (χ2n) is 4.26. The van der Waals surface area contributed by atoms with E-state index >= 15 is 0 Å². The van der Waals surface area contributed by atoms with Crippen LogP contribution in [-0.4, -0.2) is 24.5 Å². The molecule has 6 nitrogen and oxygen atoms in total. The molecule has 3 aromatic heterocycles. The van der Waals surface area contributed by atoms with Gasteiger partial charge in [-0.3, -0.25) is 14.5 Å². The summed E-state index contributed by atoms with van der Waals surface area (Å²) < 4.78 is 3.20. The predicted molar refractivity (Wildman–Crippen MR) is 74.0 cm³/mol. The van der Waals surface area contributed by atoms with Crippen LogP contribution >= 0.6 is 0 Å². The molecule has 100 valence electrons. The first kappa shape index (κ1) is 12.3. The molecule has 20 heavy (non-hydrogen) atoms. The molecular formula is C14H13N5O. The number of aryl methyl sites for hydroxylation is 2. The molecule has 6 heteroatoms. The molecule has 0 amide bonds. The van der Waals surface area contributed by atoms with Crippen molar-refractivity contribution in [1.82, 2.24) is 24.5 Å². The normalized spacial score (nSPS) is 10.6. The van der Waals surface area contributed by atoms with Crippen molar-refractivity contribution in [3.8, 4) is 11.4 Å². The third-order valence-corrected chi connectivity index (χ3v) is 2.89. The van der Waals surface area contributed by atoms with Gasteiger partial charge in [0, 0.05) is 24.7 Å². The molecule has 0 bridgehead atoms. The maximum absolute atomic E-state index is 11.8. The monoisotopic (exact) mass is 267 g/mol. The third kappa shape index (κ3) is 2.64. The molecule has 0 atom stereocenters. The lowest BCUT2D eigenvalue weighted by Crippen LogP contribution is -2.24. The Morgan fingerprint density at radius 3 is 2.65 bits per heavy atom. The SMILES string of the molecule is O=c1ccc(-c2ccccn2)nn1CCn1cccn1. The number of nitrogens with zero attached hydrogens (tertiary/aromatic N) is 5. The zero-order valence-electron chi connectivity index (χ0n) is 10.8. The minimum Gasteiger partial charge on any atom is -0.271 e. The van der Waals surface area contributed by atoms with Gasteiger partial charge in [-0.15, -0.1) is 0 Å². The molecule has 0 unspecified atom stereocenters. The Balaban J connectivity index is 1.85. The Labute approximate surface area is 115 Å². The summed E-state index contributed by atoms with van der Waals surface area (Å²) in [6.07, 6.45) is 5.27. The van der Waals surface area contributed by atoms with E-state index in [4.69, 9.17) is 0 Å². The van der Waals surface area contributed by atoms with Gasteiger partial charge in [0.25, 0.3) is 5.56 Å². The summed E-state index contributed by atoms with van der Waals surface area (Å²) in [5.74, 6) is 0. The quantitative estimate of drug-likeness (QED) is 0.712. The van der Waals surface area contributed by atoms with E-state index in [-0.39, 0.29) is 5.56 Å². The summed E-state index contributed by atoms with van der Waals surface area (Å²) in [7, 11) is 0. The van der Waals surface area contributed by atoms with Gasteiger partial charge in [0.05, 0.1) is 18.8 Å². The molecule has 0 aromatic carbocycles. The summed E-state index contributed by atoms with van der Waals surface area (Å²) in [4.78, 5) is 16.0. The highest BCUT2D eigenvalue weighted by molar-refractivity contribution is 5.52. The Hall–Kier alpha value is -2.76. The van der Waals surface area contributed by atoms with E-state index in [1.165, 1.54) is 10.7 Å². The first-order valence-electron chi connectivity index (χ1n) is 6.30. The van der Waals surface area contributed by atoms with Crippen molar-refractivity contribution in [1.29, 1.82) is 0 Å². The smallest absolute Gasteiger partial charge is 0.266 e. The maximum Gasteiger partial charge on any atom is 0.266 e. The molecule has 0 saturated carbocycles. The van der Waals surface area contributed by atoms with Crippen LogP contribution in [0.3, 0.4) is 0 Å². The molecule has 0 saturated heterocycles. The average Bonchev–Trinajstić information content (AvgIpc) is 3.01. The number of hydrogen-bond acceptors (Lipinski definition) is 4. The Kier molecular flexibility index (Phi) is 3.36. The fraction of sp³-hybridized carbons (Fsp3) is 0.143. The molecule has 3 rings (SSSR count). The van der Waals surface area contributed by atoms with Crippen molar-refractivity contribution in [2.75, 3.05) is 0 Å². The number of aromatic nitrogens is 5. The lowest BCUT2D eigenvalue weighted by Gasteiger charge is -2.06. The second kappa shape index (κ2) is 5.48. The van der Waals surface area contributed by atoms with Gasteiger partial charge < -0.3 is 0 Å². The third-order valence-electron chi connectivity index (χ3n) is 2.89. The Bertz CT molecular complexity index is 734. The molecular weight excluding hydrogens is 254 g/mol. The lowest BCUT2D eigenvalue weighted by atomic mass is 10.2. The summed E-state index contributed by atoms with van der Waals surface area (Å²) >= 11 is 0.